The van der Waals surface area contributed by atoms with Crippen molar-refractivity contribution in [2.45, 2.75) is 27.7 Å². The molecule has 6 heteroatoms. The molecule has 0 fully saturated rings. The summed E-state index contributed by atoms with van der Waals surface area (Å²) in [5.74, 6) is 1.03. The maximum Gasteiger partial charge on any atom is 0.272 e. The van der Waals surface area contributed by atoms with Crippen LogP contribution in [0, 0.1) is 13.8 Å². The van der Waals surface area contributed by atoms with Gasteiger partial charge in [-0.2, -0.15) is 0 Å². The van der Waals surface area contributed by atoms with E-state index in [1.165, 1.54) is 0 Å². The zero-order valence-electron chi connectivity index (χ0n) is 13.9. The lowest BCUT2D eigenvalue weighted by Gasteiger charge is -2.18. The van der Waals surface area contributed by atoms with E-state index in [2.05, 4.69) is 15.3 Å². The smallest absolute Gasteiger partial charge is 0.272 e. The molecule has 23 heavy (non-hydrogen) atoms. The van der Waals surface area contributed by atoms with Gasteiger partial charge in [-0.15, -0.1) is 0 Å². The van der Waals surface area contributed by atoms with Crippen molar-refractivity contribution in [2.24, 2.45) is 0 Å². The summed E-state index contributed by atoms with van der Waals surface area (Å²) in [4.78, 5) is 22.8. The molecule has 0 unspecified atom stereocenters. The van der Waals surface area contributed by atoms with Crippen LogP contribution in [0.15, 0.2) is 24.3 Å². The molecule has 0 aliphatic rings. The first-order valence-electron chi connectivity index (χ1n) is 7.62. The molecule has 0 radical (unpaired) electrons. The summed E-state index contributed by atoms with van der Waals surface area (Å²) in [7, 11) is 0. The van der Waals surface area contributed by atoms with Gasteiger partial charge in [0.1, 0.15) is 17.3 Å². The van der Waals surface area contributed by atoms with E-state index in [9.17, 15) is 4.79 Å². The monoisotopic (exact) mass is 332 g/mol. The Morgan fingerprint density at radius 2 is 1.87 bits per heavy atom. The molecule has 2 aromatic rings. The number of carbonyl (C=O) groups is 1. The number of rotatable bonds is 5. The average molecular weight is 333 g/mol. The SMILES string of the molecule is CCN(CC)C(=O)c1cc(Nc2ccc(C)c(Cl)c2)nc(C)n1. The van der Waals surface area contributed by atoms with Gasteiger partial charge in [0.25, 0.3) is 5.91 Å². The topological polar surface area (TPSA) is 58.1 Å². The molecule has 1 aromatic carbocycles. The minimum Gasteiger partial charge on any atom is -0.340 e. The Bertz CT molecular complexity index is 714. The second-order valence-corrected chi connectivity index (χ2v) is 5.66. The van der Waals surface area contributed by atoms with Crippen LogP contribution in [0.25, 0.3) is 0 Å². The predicted octanol–water partition coefficient (Wildman–Crippen LogP) is 3.97. The fourth-order valence-electron chi connectivity index (χ4n) is 2.23. The number of anilines is 2. The van der Waals surface area contributed by atoms with Gasteiger partial charge in [-0.1, -0.05) is 17.7 Å². The third-order valence-corrected chi connectivity index (χ3v) is 3.96. The molecule has 5 nitrogen and oxygen atoms in total. The number of benzene rings is 1. The van der Waals surface area contributed by atoms with Gasteiger partial charge in [-0.05, 0) is 45.4 Å². The Balaban J connectivity index is 2.29. The minimum absolute atomic E-state index is 0.0921. The van der Waals surface area contributed by atoms with E-state index in [0.717, 1.165) is 11.3 Å². The highest BCUT2D eigenvalue weighted by Gasteiger charge is 2.16. The van der Waals surface area contributed by atoms with E-state index in [0.29, 0.717) is 35.4 Å². The van der Waals surface area contributed by atoms with Crippen LogP contribution in [0.1, 0.15) is 35.7 Å². The van der Waals surface area contributed by atoms with Gasteiger partial charge in [0.2, 0.25) is 0 Å². The van der Waals surface area contributed by atoms with Gasteiger partial charge in [0.15, 0.2) is 0 Å². The Morgan fingerprint density at radius 3 is 2.48 bits per heavy atom. The number of hydrogen-bond donors (Lipinski definition) is 1. The summed E-state index contributed by atoms with van der Waals surface area (Å²) >= 11 is 6.14. The molecule has 1 N–H and O–H groups in total. The zero-order chi connectivity index (χ0) is 17.0. The molecule has 122 valence electrons. The van der Waals surface area contributed by atoms with Crippen LogP contribution in [-0.4, -0.2) is 33.9 Å². The highest BCUT2D eigenvalue weighted by molar-refractivity contribution is 6.31. The summed E-state index contributed by atoms with van der Waals surface area (Å²) in [5.41, 5.74) is 2.22. The fourth-order valence-corrected chi connectivity index (χ4v) is 2.41. The molecular weight excluding hydrogens is 312 g/mol. The van der Waals surface area contributed by atoms with Gasteiger partial charge in [-0.25, -0.2) is 9.97 Å². The number of aryl methyl sites for hydroxylation is 2. The maximum atomic E-state index is 12.4. The van der Waals surface area contributed by atoms with Crippen molar-refractivity contribution in [1.29, 1.82) is 0 Å². The molecule has 0 aliphatic heterocycles. The third kappa shape index (κ3) is 4.20. The normalized spacial score (nSPS) is 10.5. The van der Waals surface area contributed by atoms with Crippen molar-refractivity contribution in [3.63, 3.8) is 0 Å². The lowest BCUT2D eigenvalue weighted by atomic mass is 10.2. The lowest BCUT2D eigenvalue weighted by Crippen LogP contribution is -2.31. The van der Waals surface area contributed by atoms with E-state index < -0.39 is 0 Å². The number of hydrogen-bond acceptors (Lipinski definition) is 4. The van der Waals surface area contributed by atoms with E-state index >= 15 is 0 Å². The third-order valence-electron chi connectivity index (χ3n) is 3.55. The van der Waals surface area contributed by atoms with Gasteiger partial charge in [-0.3, -0.25) is 4.79 Å². The largest absolute Gasteiger partial charge is 0.340 e. The molecule has 0 bridgehead atoms. The highest BCUT2D eigenvalue weighted by atomic mass is 35.5. The van der Waals surface area contributed by atoms with E-state index in [1.807, 2.05) is 39.0 Å². The fraction of sp³-hybridized carbons (Fsp3) is 0.353. The molecule has 1 aromatic heterocycles. The van der Waals surface area contributed by atoms with Crippen LogP contribution >= 0.6 is 11.6 Å². The first kappa shape index (κ1) is 17.2. The first-order valence-corrected chi connectivity index (χ1v) is 8.00. The molecule has 0 atom stereocenters. The zero-order valence-corrected chi connectivity index (χ0v) is 14.6. The number of carbonyl (C=O) groups excluding carboxylic acids is 1. The maximum absolute atomic E-state index is 12.4. The van der Waals surface area contributed by atoms with Crippen LogP contribution in [-0.2, 0) is 0 Å². The molecule has 2 rings (SSSR count). The van der Waals surface area contributed by atoms with E-state index in [-0.39, 0.29) is 5.91 Å². The van der Waals surface area contributed by atoms with Crippen LogP contribution < -0.4 is 5.32 Å². The molecular formula is C17H21ClN4O. The Hall–Kier alpha value is -2.14. The molecule has 0 saturated carbocycles. The number of aromatic nitrogens is 2. The van der Waals surface area contributed by atoms with Crippen LogP contribution in [0.5, 0.6) is 0 Å². The molecule has 1 amide bonds. The quantitative estimate of drug-likeness (QED) is 0.900. The predicted molar refractivity (Wildman–Crippen MR) is 93.5 cm³/mol. The number of nitrogens with one attached hydrogen (secondary N) is 1. The molecule has 0 saturated heterocycles. The summed E-state index contributed by atoms with van der Waals surface area (Å²) < 4.78 is 0. The molecule has 0 spiro atoms. The van der Waals surface area contributed by atoms with Crippen molar-refractivity contribution in [3.05, 3.63) is 46.4 Å². The van der Waals surface area contributed by atoms with E-state index in [1.54, 1.807) is 17.9 Å². The standard InChI is InChI=1S/C17H21ClN4O/c1-5-22(6-2)17(23)15-10-16(20-12(4)19-15)21-13-8-7-11(3)14(18)9-13/h7-10H,5-6H2,1-4H3,(H,19,20,21). The van der Waals surface area contributed by atoms with Crippen molar-refractivity contribution in [2.75, 3.05) is 18.4 Å². The van der Waals surface area contributed by atoms with Crippen LogP contribution in [0.3, 0.4) is 0 Å². The Labute approximate surface area is 141 Å². The number of amides is 1. The summed E-state index contributed by atoms with van der Waals surface area (Å²) in [5, 5.41) is 3.86. The number of halogens is 1. The summed E-state index contributed by atoms with van der Waals surface area (Å²) in [6.45, 7) is 8.91. The highest BCUT2D eigenvalue weighted by Crippen LogP contribution is 2.23. The van der Waals surface area contributed by atoms with Gasteiger partial charge in [0, 0.05) is 29.9 Å². The average Bonchev–Trinajstić information content (AvgIpc) is 2.51. The van der Waals surface area contributed by atoms with Crippen LogP contribution in [0.2, 0.25) is 5.02 Å². The summed E-state index contributed by atoms with van der Waals surface area (Å²) in [6.07, 6.45) is 0. The van der Waals surface area contributed by atoms with Gasteiger partial charge in [0.05, 0.1) is 0 Å². The van der Waals surface area contributed by atoms with Gasteiger partial charge >= 0.3 is 0 Å². The molecule has 0 aliphatic carbocycles. The Morgan fingerprint density at radius 1 is 1.17 bits per heavy atom. The lowest BCUT2D eigenvalue weighted by molar-refractivity contribution is 0.0766. The first-order chi connectivity index (χ1) is 10.9. The Kier molecular flexibility index (Phi) is 5.55. The minimum atomic E-state index is -0.0921. The second kappa shape index (κ2) is 7.42. The van der Waals surface area contributed by atoms with Gasteiger partial charge < -0.3 is 10.2 Å². The van der Waals surface area contributed by atoms with Crippen molar-refractivity contribution < 1.29 is 4.79 Å². The van der Waals surface area contributed by atoms with E-state index in [4.69, 9.17) is 11.6 Å². The van der Waals surface area contributed by atoms with Crippen molar-refractivity contribution in [1.82, 2.24) is 14.9 Å². The van der Waals surface area contributed by atoms with Crippen LogP contribution in [0.4, 0.5) is 11.5 Å². The number of nitrogens with zero attached hydrogens (tertiary/aromatic N) is 3. The molecule has 1 heterocycles. The summed E-state index contributed by atoms with van der Waals surface area (Å²) in [6, 6.07) is 7.35. The second-order valence-electron chi connectivity index (χ2n) is 5.25. The van der Waals surface area contributed by atoms with Crippen molar-refractivity contribution >= 4 is 29.0 Å². The van der Waals surface area contributed by atoms with Crippen molar-refractivity contribution in [3.8, 4) is 0 Å².